The van der Waals surface area contributed by atoms with Crippen LogP contribution in [-0.4, -0.2) is 58.3 Å². The van der Waals surface area contributed by atoms with Gasteiger partial charge in [0.2, 0.25) is 0 Å². The zero-order valence-corrected chi connectivity index (χ0v) is 18.3. The minimum absolute atomic E-state index is 0.0692. The third-order valence-electron chi connectivity index (χ3n) is 5.25. The topological polar surface area (TPSA) is 75.7 Å². The largest absolute Gasteiger partial charge is 0.384 e. The number of hydrogen-bond donors (Lipinski definition) is 1. The molecule has 0 radical (unpaired) electrons. The van der Waals surface area contributed by atoms with Crippen LogP contribution in [0.1, 0.15) is 28.1 Å². The number of amides is 1. The van der Waals surface area contributed by atoms with Gasteiger partial charge in [-0.25, -0.2) is 8.42 Å². The lowest BCUT2D eigenvalue weighted by Crippen LogP contribution is -2.38. The molecule has 0 saturated carbocycles. The van der Waals surface area contributed by atoms with Crippen LogP contribution < -0.4 is 5.32 Å². The zero-order valence-electron chi connectivity index (χ0n) is 16.7. The van der Waals surface area contributed by atoms with Crippen LogP contribution in [0.15, 0.2) is 46.7 Å². The fourth-order valence-electron chi connectivity index (χ4n) is 3.44. The average Bonchev–Trinajstić information content (AvgIpc) is 3.25. The Kier molecular flexibility index (Phi) is 7.83. The van der Waals surface area contributed by atoms with Crippen molar-refractivity contribution in [3.8, 4) is 0 Å². The van der Waals surface area contributed by atoms with Gasteiger partial charge < -0.3 is 10.1 Å². The first-order valence-corrected chi connectivity index (χ1v) is 12.4. The Hall–Kier alpha value is -1.74. The van der Waals surface area contributed by atoms with Crippen molar-refractivity contribution in [1.82, 2.24) is 10.2 Å². The fraction of sp³-hybridized carbons (Fsp3) is 0.476. The molecule has 2 aromatic rings. The minimum Gasteiger partial charge on any atom is -0.384 e. The number of ether oxygens (including phenoxy) is 1. The summed E-state index contributed by atoms with van der Waals surface area (Å²) >= 11 is 1.79. The molecule has 0 atom stereocenters. The van der Waals surface area contributed by atoms with Gasteiger partial charge in [0.05, 0.1) is 17.3 Å². The van der Waals surface area contributed by atoms with Crippen molar-refractivity contribution in [2.24, 2.45) is 5.92 Å². The highest BCUT2D eigenvalue weighted by Gasteiger charge is 2.20. The second-order valence-corrected chi connectivity index (χ2v) is 10.5. The number of sulfone groups is 1. The van der Waals surface area contributed by atoms with E-state index < -0.39 is 9.84 Å². The quantitative estimate of drug-likeness (QED) is 0.654. The number of nitrogens with one attached hydrogen (secondary N) is 1. The molecule has 1 aliphatic rings. The second kappa shape index (κ2) is 10.3. The summed E-state index contributed by atoms with van der Waals surface area (Å²) in [5.74, 6) is 0.249. The number of thiophene rings is 1. The van der Waals surface area contributed by atoms with Crippen molar-refractivity contribution in [3.63, 3.8) is 0 Å². The smallest absolute Gasteiger partial charge is 0.251 e. The van der Waals surface area contributed by atoms with E-state index in [4.69, 9.17) is 4.74 Å². The Balaban J connectivity index is 1.44. The predicted molar refractivity (Wildman–Crippen MR) is 115 cm³/mol. The van der Waals surface area contributed by atoms with Crippen molar-refractivity contribution < 1.29 is 17.9 Å². The van der Waals surface area contributed by atoms with Crippen molar-refractivity contribution in [2.45, 2.75) is 24.3 Å². The first-order chi connectivity index (χ1) is 14.0. The summed E-state index contributed by atoms with van der Waals surface area (Å²) in [5, 5.41) is 5.11. The fourth-order valence-corrected chi connectivity index (χ4v) is 5.35. The predicted octanol–water partition coefficient (Wildman–Crippen LogP) is 2.81. The monoisotopic (exact) mass is 436 g/mol. The molecule has 1 aliphatic heterocycles. The molecule has 1 saturated heterocycles. The van der Waals surface area contributed by atoms with Gasteiger partial charge in [-0.15, -0.1) is 11.3 Å². The molecule has 6 nitrogen and oxygen atoms in total. The Morgan fingerprint density at radius 3 is 2.55 bits per heavy atom. The molecule has 8 heteroatoms. The molecule has 29 heavy (non-hydrogen) atoms. The Morgan fingerprint density at radius 1 is 1.21 bits per heavy atom. The van der Waals surface area contributed by atoms with Crippen LogP contribution in [0.25, 0.3) is 0 Å². The molecule has 0 spiro atoms. The lowest BCUT2D eigenvalue weighted by molar-refractivity contribution is 0.0935. The van der Waals surface area contributed by atoms with Gasteiger partial charge in [-0.1, -0.05) is 6.07 Å². The highest BCUT2D eigenvalue weighted by atomic mass is 32.2. The summed E-state index contributed by atoms with van der Waals surface area (Å²) in [6.45, 7) is 3.91. The van der Waals surface area contributed by atoms with E-state index in [-0.39, 0.29) is 23.2 Å². The maximum absolute atomic E-state index is 12.4. The van der Waals surface area contributed by atoms with E-state index in [9.17, 15) is 13.2 Å². The molecule has 3 rings (SSSR count). The number of nitrogens with zero attached hydrogens (tertiary/aromatic N) is 1. The lowest BCUT2D eigenvalue weighted by atomic mass is 9.96. The van der Waals surface area contributed by atoms with Gasteiger partial charge in [-0.2, -0.15) is 0 Å². The number of carbonyl (C=O) groups is 1. The molecule has 158 valence electrons. The van der Waals surface area contributed by atoms with Crippen molar-refractivity contribution in [1.29, 1.82) is 0 Å². The maximum Gasteiger partial charge on any atom is 0.251 e. The molecule has 1 aromatic carbocycles. The van der Waals surface area contributed by atoms with Gasteiger partial charge in [0.1, 0.15) is 0 Å². The SMILES string of the molecule is COCCS(=O)(=O)c1ccc(C(=O)NCC2CCN(Cc3cccs3)CC2)cc1. The molecule has 0 unspecified atom stereocenters. The molecular formula is C21H28N2O4S2. The number of piperidine rings is 1. The lowest BCUT2D eigenvalue weighted by Gasteiger charge is -2.31. The third kappa shape index (κ3) is 6.37. The van der Waals surface area contributed by atoms with E-state index in [0.717, 1.165) is 32.5 Å². The van der Waals surface area contributed by atoms with E-state index in [1.54, 1.807) is 23.5 Å². The zero-order chi connectivity index (χ0) is 20.7. The molecule has 1 amide bonds. The van der Waals surface area contributed by atoms with Crippen LogP contribution in [0.5, 0.6) is 0 Å². The van der Waals surface area contributed by atoms with E-state index >= 15 is 0 Å². The second-order valence-electron chi connectivity index (χ2n) is 7.34. The highest BCUT2D eigenvalue weighted by molar-refractivity contribution is 7.91. The van der Waals surface area contributed by atoms with Crippen LogP contribution in [0.3, 0.4) is 0 Å². The van der Waals surface area contributed by atoms with Gasteiger partial charge in [-0.05, 0) is 67.6 Å². The number of hydrogen-bond acceptors (Lipinski definition) is 6. The average molecular weight is 437 g/mol. The molecule has 0 aliphatic carbocycles. The van der Waals surface area contributed by atoms with Crippen LogP contribution in [0.4, 0.5) is 0 Å². The molecule has 1 N–H and O–H groups in total. The number of rotatable bonds is 9. The number of benzene rings is 1. The van der Waals surface area contributed by atoms with Crippen molar-refractivity contribution in [3.05, 3.63) is 52.2 Å². The van der Waals surface area contributed by atoms with E-state index in [1.807, 2.05) is 0 Å². The summed E-state index contributed by atoms with van der Waals surface area (Å²) in [6, 6.07) is 10.4. The summed E-state index contributed by atoms with van der Waals surface area (Å²) in [5.41, 5.74) is 0.478. The standard InChI is InChI=1S/C21H28N2O4S2/c1-27-12-14-29(25,26)20-6-4-18(5-7-20)21(24)22-15-17-8-10-23(11-9-17)16-19-3-2-13-28-19/h2-7,13,17H,8-12,14-16H2,1H3,(H,22,24). The number of carbonyl (C=O) groups excluding carboxylic acids is 1. The van der Waals surface area contributed by atoms with Gasteiger partial charge in [0, 0.05) is 30.6 Å². The van der Waals surface area contributed by atoms with Gasteiger partial charge in [0.25, 0.3) is 5.91 Å². The first-order valence-electron chi connectivity index (χ1n) is 9.82. The highest BCUT2D eigenvalue weighted by Crippen LogP contribution is 2.20. The Morgan fingerprint density at radius 2 is 1.93 bits per heavy atom. The summed E-state index contributed by atoms with van der Waals surface area (Å²) in [7, 11) is -1.91. The molecular weight excluding hydrogens is 408 g/mol. The van der Waals surface area contributed by atoms with Crippen LogP contribution in [0.2, 0.25) is 0 Å². The van der Waals surface area contributed by atoms with Gasteiger partial charge in [-0.3, -0.25) is 9.69 Å². The van der Waals surface area contributed by atoms with E-state index in [0.29, 0.717) is 18.0 Å². The van der Waals surface area contributed by atoms with Crippen LogP contribution in [0, 0.1) is 5.92 Å². The number of methoxy groups -OCH3 is 1. The van der Waals surface area contributed by atoms with Crippen LogP contribution >= 0.6 is 11.3 Å². The minimum atomic E-state index is -3.38. The Labute approximate surface area is 176 Å². The van der Waals surface area contributed by atoms with Crippen molar-refractivity contribution >= 4 is 27.1 Å². The van der Waals surface area contributed by atoms with E-state index in [1.165, 1.54) is 24.1 Å². The molecule has 0 bridgehead atoms. The summed E-state index contributed by atoms with van der Waals surface area (Å²) in [6.07, 6.45) is 2.14. The first kappa shape index (κ1) is 22.0. The molecule has 2 heterocycles. The van der Waals surface area contributed by atoms with Gasteiger partial charge in [0.15, 0.2) is 9.84 Å². The molecule has 1 aromatic heterocycles. The third-order valence-corrected chi connectivity index (χ3v) is 7.81. The Bertz CT molecular complexity index is 872. The van der Waals surface area contributed by atoms with Crippen LogP contribution in [-0.2, 0) is 21.1 Å². The number of likely N-dealkylation sites (tertiary alicyclic amines) is 1. The summed E-state index contributed by atoms with van der Waals surface area (Å²) in [4.78, 5) is 16.5. The summed E-state index contributed by atoms with van der Waals surface area (Å²) < 4.78 is 29.1. The van der Waals surface area contributed by atoms with E-state index in [2.05, 4.69) is 27.7 Å². The molecule has 1 fully saturated rings. The normalized spacial score (nSPS) is 16.0. The van der Waals surface area contributed by atoms with Gasteiger partial charge >= 0.3 is 0 Å². The van der Waals surface area contributed by atoms with Crippen molar-refractivity contribution in [2.75, 3.05) is 39.1 Å². The maximum atomic E-state index is 12.4.